The van der Waals surface area contributed by atoms with Gasteiger partial charge in [0.05, 0.1) is 12.0 Å². The van der Waals surface area contributed by atoms with E-state index in [2.05, 4.69) is 9.71 Å². The molecule has 0 unspecified atom stereocenters. The third kappa shape index (κ3) is 5.60. The fraction of sp³-hybridized carbons (Fsp3) is 0.0909. The Morgan fingerprint density at radius 2 is 1.79 bits per heavy atom. The smallest absolute Gasteiger partial charge is 0.240 e. The molecule has 0 atom stereocenters. The lowest BCUT2D eigenvalue weighted by atomic mass is 10.1. The molecule has 0 saturated heterocycles. The van der Waals surface area contributed by atoms with Gasteiger partial charge in [0.15, 0.2) is 5.78 Å². The third-order valence-electron chi connectivity index (χ3n) is 4.18. The first-order chi connectivity index (χ1) is 14.0. The van der Waals surface area contributed by atoms with Gasteiger partial charge in [-0.25, -0.2) is 13.1 Å². The van der Waals surface area contributed by atoms with Gasteiger partial charge in [-0.05, 0) is 59.7 Å². The van der Waals surface area contributed by atoms with Gasteiger partial charge in [-0.15, -0.1) is 0 Å². The van der Waals surface area contributed by atoms with Crippen LogP contribution in [0, 0.1) is 0 Å². The number of hydrogen-bond acceptors (Lipinski definition) is 5. The number of methoxy groups -OCH3 is 1. The number of ether oxygens (including phenoxy) is 1. The van der Waals surface area contributed by atoms with E-state index in [9.17, 15) is 13.2 Å². The summed E-state index contributed by atoms with van der Waals surface area (Å²) in [7, 11) is -2.09. The molecular formula is C22H20N2O4S. The number of sulfonamides is 1. The second-order valence-corrected chi connectivity index (χ2v) is 7.95. The molecule has 0 bridgehead atoms. The fourth-order valence-electron chi connectivity index (χ4n) is 2.55. The summed E-state index contributed by atoms with van der Waals surface area (Å²) in [6.45, 7) is 0.140. The number of carbonyl (C=O) groups is 1. The van der Waals surface area contributed by atoms with E-state index >= 15 is 0 Å². The van der Waals surface area contributed by atoms with Gasteiger partial charge in [-0.3, -0.25) is 9.78 Å². The van der Waals surface area contributed by atoms with Crippen LogP contribution in [0.4, 0.5) is 0 Å². The summed E-state index contributed by atoms with van der Waals surface area (Å²) < 4.78 is 32.4. The number of benzene rings is 2. The molecule has 1 heterocycles. The van der Waals surface area contributed by atoms with Crippen molar-refractivity contribution in [3.05, 3.63) is 95.8 Å². The highest BCUT2D eigenvalue weighted by atomic mass is 32.2. The summed E-state index contributed by atoms with van der Waals surface area (Å²) in [5.41, 5.74) is 2.02. The van der Waals surface area contributed by atoms with Crippen molar-refractivity contribution in [2.75, 3.05) is 7.11 Å². The van der Waals surface area contributed by atoms with Crippen LogP contribution in [-0.4, -0.2) is 26.3 Å². The first-order valence-corrected chi connectivity index (χ1v) is 10.3. The number of hydrogen-bond donors (Lipinski definition) is 1. The van der Waals surface area contributed by atoms with Crippen molar-refractivity contribution < 1.29 is 17.9 Å². The molecule has 0 radical (unpaired) electrons. The van der Waals surface area contributed by atoms with Gasteiger partial charge >= 0.3 is 0 Å². The van der Waals surface area contributed by atoms with Crippen molar-refractivity contribution in [1.82, 2.24) is 9.71 Å². The lowest BCUT2D eigenvalue weighted by Crippen LogP contribution is -2.23. The van der Waals surface area contributed by atoms with Crippen LogP contribution in [0.15, 0.2) is 84.0 Å². The molecule has 3 rings (SSSR count). The molecule has 0 saturated carbocycles. The first-order valence-electron chi connectivity index (χ1n) is 8.83. The normalized spacial score (nSPS) is 11.5. The van der Waals surface area contributed by atoms with Crippen LogP contribution in [0.1, 0.15) is 21.5 Å². The molecule has 0 fully saturated rings. The maximum Gasteiger partial charge on any atom is 0.240 e. The SMILES string of the molecule is COc1ccc(/C=C/C(=O)c2ccc(S(=O)(=O)NCc3cccnc3)cc2)cc1. The Morgan fingerprint density at radius 1 is 1.07 bits per heavy atom. The predicted octanol–water partition coefficient (Wildman–Crippen LogP) is 3.46. The maximum absolute atomic E-state index is 12.4. The number of nitrogens with one attached hydrogen (secondary N) is 1. The molecule has 0 aliphatic heterocycles. The maximum atomic E-state index is 12.4. The number of pyridine rings is 1. The molecule has 0 spiro atoms. The second kappa shape index (κ2) is 9.27. The standard InChI is InChI=1S/C22H20N2O4S/c1-28-20-9-4-17(5-10-20)6-13-22(25)19-7-11-21(12-8-19)29(26,27)24-16-18-3-2-14-23-15-18/h2-15,24H,16H2,1H3/b13-6+. The molecular weight excluding hydrogens is 388 g/mol. The number of rotatable bonds is 8. The molecule has 0 amide bonds. The topological polar surface area (TPSA) is 85.4 Å². The molecule has 29 heavy (non-hydrogen) atoms. The van der Waals surface area contributed by atoms with Gasteiger partial charge in [0.1, 0.15) is 5.75 Å². The number of aromatic nitrogens is 1. The quantitative estimate of drug-likeness (QED) is 0.456. The van der Waals surface area contributed by atoms with E-state index in [1.165, 1.54) is 30.3 Å². The summed E-state index contributed by atoms with van der Waals surface area (Å²) in [5, 5.41) is 0. The monoisotopic (exact) mass is 408 g/mol. The minimum Gasteiger partial charge on any atom is -0.497 e. The van der Waals surface area contributed by atoms with E-state index in [-0.39, 0.29) is 17.2 Å². The van der Waals surface area contributed by atoms with Crippen molar-refractivity contribution >= 4 is 21.9 Å². The number of carbonyl (C=O) groups excluding carboxylic acids is 1. The summed E-state index contributed by atoms with van der Waals surface area (Å²) in [4.78, 5) is 16.4. The molecule has 0 aliphatic carbocycles. The van der Waals surface area contributed by atoms with Crippen LogP contribution in [0.5, 0.6) is 5.75 Å². The zero-order valence-corrected chi connectivity index (χ0v) is 16.6. The minimum atomic E-state index is -3.68. The van der Waals surface area contributed by atoms with Gasteiger partial charge in [0.2, 0.25) is 10.0 Å². The first kappa shape index (κ1) is 20.4. The number of ketones is 1. The molecule has 6 nitrogen and oxygen atoms in total. The number of nitrogens with zero attached hydrogens (tertiary/aromatic N) is 1. The Bertz CT molecular complexity index is 1090. The van der Waals surface area contributed by atoms with E-state index < -0.39 is 10.0 Å². The Labute approximate surface area is 169 Å². The van der Waals surface area contributed by atoms with E-state index in [1.807, 2.05) is 24.3 Å². The zero-order valence-electron chi connectivity index (χ0n) is 15.8. The van der Waals surface area contributed by atoms with Crippen LogP contribution in [0.25, 0.3) is 6.08 Å². The highest BCUT2D eigenvalue weighted by Gasteiger charge is 2.14. The van der Waals surface area contributed by atoms with Crippen LogP contribution >= 0.6 is 0 Å². The molecule has 1 N–H and O–H groups in total. The predicted molar refractivity (Wildman–Crippen MR) is 111 cm³/mol. The van der Waals surface area contributed by atoms with E-state index in [1.54, 1.807) is 37.7 Å². The van der Waals surface area contributed by atoms with Crippen LogP contribution < -0.4 is 9.46 Å². The molecule has 0 aliphatic rings. The van der Waals surface area contributed by atoms with Crippen LogP contribution in [0.3, 0.4) is 0 Å². The van der Waals surface area contributed by atoms with Crippen molar-refractivity contribution in [2.24, 2.45) is 0 Å². The van der Waals surface area contributed by atoms with E-state index in [0.29, 0.717) is 5.56 Å². The Morgan fingerprint density at radius 3 is 2.41 bits per heavy atom. The Hall–Kier alpha value is -3.29. The van der Waals surface area contributed by atoms with Gasteiger partial charge in [0.25, 0.3) is 0 Å². The summed E-state index contributed by atoms with van der Waals surface area (Å²) in [6, 6.07) is 16.7. The molecule has 1 aromatic heterocycles. The largest absolute Gasteiger partial charge is 0.497 e. The van der Waals surface area contributed by atoms with Crippen LogP contribution in [0.2, 0.25) is 0 Å². The Kier molecular flexibility index (Phi) is 6.54. The summed E-state index contributed by atoms with van der Waals surface area (Å²) in [5.74, 6) is 0.524. The van der Waals surface area contributed by atoms with Crippen molar-refractivity contribution in [2.45, 2.75) is 11.4 Å². The fourth-order valence-corrected chi connectivity index (χ4v) is 3.56. The molecule has 3 aromatic rings. The van der Waals surface area contributed by atoms with Crippen molar-refractivity contribution in [3.8, 4) is 5.75 Å². The van der Waals surface area contributed by atoms with Crippen LogP contribution in [-0.2, 0) is 16.6 Å². The van der Waals surface area contributed by atoms with Gasteiger partial charge in [-0.1, -0.05) is 24.3 Å². The van der Waals surface area contributed by atoms with Gasteiger partial charge in [0, 0.05) is 24.5 Å². The minimum absolute atomic E-state index is 0.0945. The zero-order chi connectivity index (χ0) is 20.7. The summed E-state index contributed by atoms with van der Waals surface area (Å²) >= 11 is 0. The third-order valence-corrected chi connectivity index (χ3v) is 5.60. The lowest BCUT2D eigenvalue weighted by Gasteiger charge is -2.07. The molecule has 2 aromatic carbocycles. The van der Waals surface area contributed by atoms with E-state index in [4.69, 9.17) is 4.74 Å². The lowest BCUT2D eigenvalue weighted by molar-refractivity contribution is 0.104. The van der Waals surface area contributed by atoms with E-state index in [0.717, 1.165) is 16.9 Å². The average Bonchev–Trinajstić information content (AvgIpc) is 2.77. The van der Waals surface area contributed by atoms with Gasteiger partial charge < -0.3 is 4.74 Å². The Balaban J connectivity index is 1.65. The highest BCUT2D eigenvalue weighted by Crippen LogP contribution is 2.15. The van der Waals surface area contributed by atoms with Gasteiger partial charge in [-0.2, -0.15) is 0 Å². The highest BCUT2D eigenvalue weighted by molar-refractivity contribution is 7.89. The molecule has 7 heteroatoms. The second-order valence-electron chi connectivity index (χ2n) is 6.18. The number of allylic oxidation sites excluding steroid dienone is 1. The summed E-state index contributed by atoms with van der Waals surface area (Å²) in [6.07, 6.45) is 6.37. The molecule has 148 valence electrons. The van der Waals surface area contributed by atoms with Crippen molar-refractivity contribution in [1.29, 1.82) is 0 Å². The van der Waals surface area contributed by atoms with Crippen molar-refractivity contribution in [3.63, 3.8) is 0 Å². The average molecular weight is 408 g/mol.